The summed E-state index contributed by atoms with van der Waals surface area (Å²) < 4.78 is 116. The molecule has 1 fully saturated rings. The van der Waals surface area contributed by atoms with Crippen LogP contribution in [0.1, 0.15) is 51.8 Å². The number of carbonyl (C=O) groups is 1. The molecule has 6 nitrogen and oxygen atoms in total. The van der Waals surface area contributed by atoms with Gasteiger partial charge in [0.2, 0.25) is 11.5 Å². The third-order valence-corrected chi connectivity index (χ3v) is 7.34. The van der Waals surface area contributed by atoms with Crippen LogP contribution in [-0.4, -0.2) is 44.6 Å². The zero-order valence-corrected chi connectivity index (χ0v) is 21.2. The van der Waals surface area contributed by atoms with Gasteiger partial charge in [0.25, 0.3) is 11.8 Å². The number of amides is 1. The molecule has 1 atom stereocenters. The molecule has 1 amide bonds. The molecule has 0 spiro atoms. The summed E-state index contributed by atoms with van der Waals surface area (Å²) in [6.45, 7) is -0.751. The third kappa shape index (κ3) is 4.71. The maximum atomic E-state index is 15.8. The molecule has 0 saturated carbocycles. The lowest BCUT2D eigenvalue weighted by Gasteiger charge is -2.30. The Kier molecular flexibility index (Phi) is 6.47. The number of alkyl halides is 8. The number of rotatable bonds is 6. The molecule has 2 aliphatic rings. The maximum absolute atomic E-state index is 15.8. The molecule has 1 aromatic heterocycles. The highest BCUT2D eigenvalue weighted by Crippen LogP contribution is 2.48. The molecule has 3 aromatic rings. The molecule has 0 unspecified atom stereocenters. The normalized spacial score (nSPS) is 19.2. The number of aryl methyl sites for hydroxylation is 1. The van der Waals surface area contributed by atoms with Crippen LogP contribution in [0, 0.1) is 0 Å². The molecule has 0 radical (unpaired) electrons. The van der Waals surface area contributed by atoms with Gasteiger partial charge < -0.3 is 9.47 Å². The van der Waals surface area contributed by atoms with Gasteiger partial charge in [-0.15, -0.1) is 10.2 Å². The molecule has 5 rings (SSSR count). The highest BCUT2D eigenvalue weighted by molar-refractivity contribution is 6.10. The first-order chi connectivity index (χ1) is 18.5. The van der Waals surface area contributed by atoms with Crippen molar-refractivity contribution in [3.8, 4) is 0 Å². The number of hydrogen-bond donors (Lipinski definition) is 0. The van der Waals surface area contributed by atoms with E-state index in [4.69, 9.17) is 0 Å². The summed E-state index contributed by atoms with van der Waals surface area (Å²) in [6.07, 6.45) is -4.29. The second-order valence-electron chi connectivity index (χ2n) is 10.3. The number of carbonyl (C=O) groups excluding carboxylic acids is 1. The van der Waals surface area contributed by atoms with Crippen molar-refractivity contribution in [2.75, 3.05) is 18.0 Å². The van der Waals surface area contributed by atoms with Crippen LogP contribution in [0.25, 0.3) is 0 Å². The lowest BCUT2D eigenvalue weighted by Crippen LogP contribution is -2.39. The second kappa shape index (κ2) is 9.25. The van der Waals surface area contributed by atoms with Crippen molar-refractivity contribution >= 4 is 11.6 Å². The highest BCUT2D eigenvalue weighted by Gasteiger charge is 2.57. The van der Waals surface area contributed by atoms with Gasteiger partial charge in [0.05, 0.1) is 18.7 Å². The molecule has 40 heavy (non-hydrogen) atoms. The highest BCUT2D eigenvalue weighted by atomic mass is 19.4. The fourth-order valence-electron chi connectivity index (χ4n) is 5.15. The number of aromatic nitrogens is 3. The number of hydrogen-bond acceptors (Lipinski definition) is 4. The summed E-state index contributed by atoms with van der Waals surface area (Å²) in [5, 5.41) is 6.67. The summed E-state index contributed by atoms with van der Waals surface area (Å²) in [5.74, 6) is -8.90. The molecular formula is C26H23F8N5O. The second-order valence-corrected chi connectivity index (χ2v) is 10.3. The van der Waals surface area contributed by atoms with Crippen molar-refractivity contribution in [2.24, 2.45) is 7.05 Å². The summed E-state index contributed by atoms with van der Waals surface area (Å²) in [6, 6.07) is 6.64. The van der Waals surface area contributed by atoms with Crippen LogP contribution >= 0.6 is 0 Å². The van der Waals surface area contributed by atoms with Crippen LogP contribution < -0.4 is 4.90 Å². The fourth-order valence-corrected chi connectivity index (χ4v) is 5.15. The fraction of sp³-hybridized carbons (Fsp3) is 0.423. The first kappa shape index (κ1) is 28.0. The van der Waals surface area contributed by atoms with E-state index in [0.29, 0.717) is 6.92 Å². The Morgan fingerprint density at radius 3 is 2.38 bits per heavy atom. The molecule has 214 valence electrons. The van der Waals surface area contributed by atoms with E-state index in [1.54, 1.807) is 0 Å². The topological polar surface area (TPSA) is 54.3 Å². The molecule has 1 saturated heterocycles. The van der Waals surface area contributed by atoms with Crippen LogP contribution in [0.5, 0.6) is 0 Å². The molecular weight excluding hydrogens is 550 g/mol. The zero-order chi connectivity index (χ0) is 29.3. The Morgan fingerprint density at radius 1 is 1.05 bits per heavy atom. The smallest absolute Gasteiger partial charge is 0.316 e. The first-order valence-electron chi connectivity index (χ1n) is 12.2. The summed E-state index contributed by atoms with van der Waals surface area (Å²) in [4.78, 5) is 15.6. The van der Waals surface area contributed by atoms with Gasteiger partial charge in [-0.3, -0.25) is 9.69 Å². The summed E-state index contributed by atoms with van der Waals surface area (Å²) >= 11 is 0. The van der Waals surface area contributed by atoms with Gasteiger partial charge in [0.15, 0.2) is 0 Å². The van der Waals surface area contributed by atoms with Crippen LogP contribution in [0.15, 0.2) is 42.7 Å². The third-order valence-electron chi connectivity index (χ3n) is 7.34. The van der Waals surface area contributed by atoms with Gasteiger partial charge in [0, 0.05) is 37.8 Å². The largest absolute Gasteiger partial charge is 0.416 e. The minimum Gasteiger partial charge on any atom is -0.316 e. The van der Waals surface area contributed by atoms with Crippen LogP contribution in [0.2, 0.25) is 0 Å². The maximum Gasteiger partial charge on any atom is 0.416 e. The molecule has 14 heteroatoms. The minimum absolute atomic E-state index is 0.0146. The molecule has 0 bridgehead atoms. The Bertz CT molecular complexity index is 1470. The average molecular weight is 573 g/mol. The van der Waals surface area contributed by atoms with Gasteiger partial charge in [-0.1, -0.05) is 12.1 Å². The van der Waals surface area contributed by atoms with Crippen molar-refractivity contribution < 1.29 is 39.9 Å². The Hall–Kier alpha value is -3.55. The number of likely N-dealkylation sites (tertiary alicyclic amines) is 1. The predicted octanol–water partition coefficient (Wildman–Crippen LogP) is 5.81. The SMILES string of the molecule is Cn1cnnc1C(F)(F)[C@](C)(F)c1cccc(N2Cc3c(cc(CN4CCC(F)(F)C4)cc3C(F)(F)F)C2=O)c1. The lowest BCUT2D eigenvalue weighted by atomic mass is 9.90. The summed E-state index contributed by atoms with van der Waals surface area (Å²) in [5.41, 5.74) is -5.64. The van der Waals surface area contributed by atoms with E-state index in [1.165, 1.54) is 30.1 Å². The molecule has 2 aliphatic heterocycles. The van der Waals surface area contributed by atoms with Crippen molar-refractivity contribution in [3.05, 3.63) is 76.4 Å². The predicted molar refractivity (Wildman–Crippen MR) is 127 cm³/mol. The number of nitrogens with zero attached hydrogens (tertiary/aromatic N) is 5. The van der Waals surface area contributed by atoms with Gasteiger partial charge in [-0.2, -0.15) is 22.0 Å². The Morgan fingerprint density at radius 2 is 1.77 bits per heavy atom. The quantitative estimate of drug-likeness (QED) is 0.350. The van der Waals surface area contributed by atoms with Crippen molar-refractivity contribution in [1.29, 1.82) is 0 Å². The Labute approximate surface area is 223 Å². The van der Waals surface area contributed by atoms with Gasteiger partial charge in [0.1, 0.15) is 6.33 Å². The number of anilines is 1. The van der Waals surface area contributed by atoms with E-state index in [-0.39, 0.29) is 35.5 Å². The van der Waals surface area contributed by atoms with Crippen LogP contribution in [-0.2, 0) is 37.9 Å². The van der Waals surface area contributed by atoms with Gasteiger partial charge >= 0.3 is 12.1 Å². The van der Waals surface area contributed by atoms with Gasteiger partial charge in [-0.25, -0.2) is 13.2 Å². The lowest BCUT2D eigenvalue weighted by molar-refractivity contribution is -0.149. The number of halogens is 8. The standard InChI is InChI=1S/C26H23F8N5O/c1-23(27,25(30,31)22-36-35-14-37(22)2)16-4-3-5-17(10-16)39-12-19-18(21(39)40)8-15(9-20(19)26(32,33)34)11-38-7-6-24(28,29)13-38/h3-5,8-10,14H,6-7,11-13H2,1-2H3/t23-/m1/s1. The van der Waals surface area contributed by atoms with E-state index in [2.05, 4.69) is 10.2 Å². The van der Waals surface area contributed by atoms with E-state index < -0.39 is 66.1 Å². The van der Waals surface area contributed by atoms with Crippen LogP contribution in [0.4, 0.5) is 40.8 Å². The average Bonchev–Trinajstić information content (AvgIpc) is 3.55. The van der Waals surface area contributed by atoms with Crippen molar-refractivity contribution in [2.45, 2.75) is 50.1 Å². The van der Waals surface area contributed by atoms with E-state index in [9.17, 15) is 26.7 Å². The molecule has 0 N–H and O–H groups in total. The molecule has 3 heterocycles. The van der Waals surface area contributed by atoms with E-state index in [0.717, 1.165) is 34.0 Å². The zero-order valence-electron chi connectivity index (χ0n) is 21.2. The first-order valence-corrected chi connectivity index (χ1v) is 12.2. The van der Waals surface area contributed by atoms with E-state index >= 15 is 13.2 Å². The molecule has 2 aromatic carbocycles. The number of fused-ring (bicyclic) bond motifs is 1. The Balaban J connectivity index is 1.49. The minimum atomic E-state index is -4.86. The van der Waals surface area contributed by atoms with Crippen molar-refractivity contribution in [1.82, 2.24) is 19.7 Å². The summed E-state index contributed by atoms with van der Waals surface area (Å²) in [7, 11) is 1.22. The number of benzene rings is 2. The van der Waals surface area contributed by atoms with Gasteiger partial charge in [-0.05, 0) is 47.9 Å². The van der Waals surface area contributed by atoms with E-state index in [1.807, 2.05) is 0 Å². The van der Waals surface area contributed by atoms with Crippen molar-refractivity contribution in [3.63, 3.8) is 0 Å². The monoisotopic (exact) mass is 573 g/mol. The van der Waals surface area contributed by atoms with Crippen LogP contribution in [0.3, 0.4) is 0 Å². The molecule has 0 aliphatic carbocycles.